The fraction of sp³-hybridized carbons (Fsp3) is 0.292. The van der Waals surface area contributed by atoms with Gasteiger partial charge in [0.1, 0.15) is 0 Å². The summed E-state index contributed by atoms with van der Waals surface area (Å²) in [5.41, 5.74) is 1.26. The molecule has 0 saturated heterocycles. The van der Waals surface area contributed by atoms with E-state index in [1.54, 1.807) is 18.2 Å². The molecule has 0 spiro atoms. The minimum atomic E-state index is -3.65. The molecule has 3 aromatic rings. The van der Waals surface area contributed by atoms with Crippen LogP contribution in [0.3, 0.4) is 0 Å². The molecule has 0 unspecified atom stereocenters. The molecular weight excluding hydrogens is 410 g/mol. The van der Waals surface area contributed by atoms with E-state index in [0.717, 1.165) is 30.3 Å². The van der Waals surface area contributed by atoms with Crippen molar-refractivity contribution in [2.75, 3.05) is 26.7 Å². The standard InChI is InChI=1S/C24H29N3O3S/c1-27(19-20-8-3-2-4-9-20)17-7-15-25-24(28)14-16-26-31(29,30)23-13-12-21-10-5-6-11-22(21)18-23/h2-6,8-13,18,26H,7,14-17,19H2,1H3,(H,25,28). The maximum absolute atomic E-state index is 12.5. The summed E-state index contributed by atoms with van der Waals surface area (Å²) in [7, 11) is -1.60. The molecule has 31 heavy (non-hydrogen) atoms. The molecule has 0 heterocycles. The molecule has 0 aliphatic rings. The lowest BCUT2D eigenvalue weighted by Crippen LogP contribution is -2.32. The summed E-state index contributed by atoms with van der Waals surface area (Å²) < 4.78 is 27.5. The highest BCUT2D eigenvalue weighted by Gasteiger charge is 2.14. The third-order valence-corrected chi connectivity index (χ3v) is 6.47. The number of sulfonamides is 1. The van der Waals surface area contributed by atoms with Crippen LogP contribution in [-0.2, 0) is 21.4 Å². The van der Waals surface area contributed by atoms with Crippen LogP contribution in [0.15, 0.2) is 77.7 Å². The van der Waals surface area contributed by atoms with E-state index in [-0.39, 0.29) is 23.8 Å². The zero-order valence-corrected chi connectivity index (χ0v) is 18.6. The van der Waals surface area contributed by atoms with Crippen molar-refractivity contribution in [3.05, 3.63) is 78.4 Å². The molecule has 0 bridgehead atoms. The van der Waals surface area contributed by atoms with Crippen LogP contribution < -0.4 is 10.0 Å². The van der Waals surface area contributed by atoms with Crippen LogP contribution in [0.2, 0.25) is 0 Å². The Kier molecular flexibility index (Phi) is 8.17. The number of carbonyl (C=O) groups is 1. The average molecular weight is 440 g/mol. The number of fused-ring (bicyclic) bond motifs is 1. The van der Waals surface area contributed by atoms with Crippen molar-refractivity contribution in [3.63, 3.8) is 0 Å². The number of hydrogen-bond acceptors (Lipinski definition) is 4. The fourth-order valence-corrected chi connectivity index (χ4v) is 4.42. The first kappa shape index (κ1) is 22.9. The molecule has 0 aliphatic carbocycles. The van der Waals surface area contributed by atoms with Gasteiger partial charge in [0.15, 0.2) is 0 Å². The quantitative estimate of drug-likeness (QED) is 0.450. The van der Waals surface area contributed by atoms with Crippen LogP contribution in [0.4, 0.5) is 0 Å². The third-order valence-electron chi connectivity index (χ3n) is 5.01. The maximum atomic E-state index is 12.5. The Labute approximate surface area is 184 Å². The summed E-state index contributed by atoms with van der Waals surface area (Å²) in [4.78, 5) is 14.4. The van der Waals surface area contributed by atoms with Gasteiger partial charge < -0.3 is 10.2 Å². The van der Waals surface area contributed by atoms with Gasteiger partial charge in [-0.25, -0.2) is 13.1 Å². The van der Waals surface area contributed by atoms with E-state index in [2.05, 4.69) is 34.1 Å². The Morgan fingerprint density at radius 1 is 0.903 bits per heavy atom. The first-order valence-corrected chi connectivity index (χ1v) is 11.9. The van der Waals surface area contributed by atoms with Gasteiger partial charge in [-0.15, -0.1) is 0 Å². The number of rotatable bonds is 11. The highest BCUT2D eigenvalue weighted by atomic mass is 32.2. The second-order valence-electron chi connectivity index (χ2n) is 7.58. The lowest BCUT2D eigenvalue weighted by atomic mass is 10.1. The minimum Gasteiger partial charge on any atom is -0.356 e. The average Bonchev–Trinajstić information content (AvgIpc) is 2.77. The molecule has 0 aliphatic heterocycles. The molecule has 1 amide bonds. The molecule has 3 rings (SSSR count). The zero-order chi connectivity index (χ0) is 22.1. The van der Waals surface area contributed by atoms with Gasteiger partial charge in [0.05, 0.1) is 4.90 Å². The van der Waals surface area contributed by atoms with Crippen LogP contribution in [0.25, 0.3) is 10.8 Å². The Balaban J connectivity index is 1.35. The first-order valence-electron chi connectivity index (χ1n) is 10.4. The highest BCUT2D eigenvalue weighted by molar-refractivity contribution is 7.89. The predicted octanol–water partition coefficient (Wildman–Crippen LogP) is 3.15. The van der Waals surface area contributed by atoms with Crippen LogP contribution in [0, 0.1) is 0 Å². The molecule has 3 aromatic carbocycles. The van der Waals surface area contributed by atoms with Gasteiger partial charge in [-0.05, 0) is 48.5 Å². The van der Waals surface area contributed by atoms with Crippen LogP contribution >= 0.6 is 0 Å². The fourth-order valence-electron chi connectivity index (χ4n) is 3.36. The van der Waals surface area contributed by atoms with Crippen molar-refractivity contribution in [2.45, 2.75) is 24.3 Å². The Bertz CT molecular complexity index is 1100. The predicted molar refractivity (Wildman–Crippen MR) is 124 cm³/mol. The largest absolute Gasteiger partial charge is 0.356 e. The molecule has 6 nitrogen and oxygen atoms in total. The SMILES string of the molecule is CN(CCCNC(=O)CCNS(=O)(=O)c1ccc2ccccc2c1)Cc1ccccc1. The lowest BCUT2D eigenvalue weighted by Gasteiger charge is -2.16. The number of hydrogen-bond donors (Lipinski definition) is 2. The summed E-state index contributed by atoms with van der Waals surface area (Å²) in [5.74, 6) is -0.160. The monoisotopic (exact) mass is 439 g/mol. The number of carbonyl (C=O) groups excluding carboxylic acids is 1. The molecule has 164 valence electrons. The van der Waals surface area contributed by atoms with Gasteiger partial charge >= 0.3 is 0 Å². The summed E-state index contributed by atoms with van der Waals surface area (Å²) in [6, 6.07) is 22.8. The normalized spacial score (nSPS) is 11.7. The van der Waals surface area contributed by atoms with E-state index in [1.807, 2.05) is 42.5 Å². The first-order chi connectivity index (χ1) is 14.9. The van der Waals surface area contributed by atoms with Gasteiger partial charge in [0.2, 0.25) is 15.9 Å². The van der Waals surface area contributed by atoms with E-state index in [0.29, 0.717) is 6.54 Å². The van der Waals surface area contributed by atoms with Gasteiger partial charge in [-0.3, -0.25) is 4.79 Å². The molecule has 0 fully saturated rings. The molecule has 0 saturated carbocycles. The van der Waals surface area contributed by atoms with Crippen molar-refractivity contribution in [2.24, 2.45) is 0 Å². The van der Waals surface area contributed by atoms with Gasteiger partial charge in [-0.1, -0.05) is 60.7 Å². The highest BCUT2D eigenvalue weighted by Crippen LogP contribution is 2.18. The smallest absolute Gasteiger partial charge is 0.240 e. The van der Waals surface area contributed by atoms with Gasteiger partial charge in [-0.2, -0.15) is 0 Å². The molecule has 0 atom stereocenters. The summed E-state index contributed by atoms with van der Waals surface area (Å²) >= 11 is 0. The van der Waals surface area contributed by atoms with E-state index in [9.17, 15) is 13.2 Å². The maximum Gasteiger partial charge on any atom is 0.240 e. The van der Waals surface area contributed by atoms with Crippen molar-refractivity contribution in [1.29, 1.82) is 0 Å². The van der Waals surface area contributed by atoms with E-state index in [1.165, 1.54) is 5.56 Å². The number of amides is 1. The number of nitrogens with zero attached hydrogens (tertiary/aromatic N) is 1. The molecule has 7 heteroatoms. The van der Waals surface area contributed by atoms with Crippen LogP contribution in [0.5, 0.6) is 0 Å². The van der Waals surface area contributed by atoms with Crippen molar-refractivity contribution >= 4 is 26.7 Å². The van der Waals surface area contributed by atoms with Crippen molar-refractivity contribution < 1.29 is 13.2 Å². The lowest BCUT2D eigenvalue weighted by molar-refractivity contribution is -0.120. The third kappa shape index (κ3) is 7.17. The molecular formula is C24H29N3O3S. The van der Waals surface area contributed by atoms with Crippen molar-refractivity contribution in [1.82, 2.24) is 14.9 Å². The minimum absolute atomic E-state index is 0.0644. The van der Waals surface area contributed by atoms with Crippen LogP contribution in [-0.4, -0.2) is 45.9 Å². The Morgan fingerprint density at radius 2 is 1.61 bits per heavy atom. The summed E-state index contributed by atoms with van der Waals surface area (Å²) in [6.07, 6.45) is 0.935. The zero-order valence-electron chi connectivity index (χ0n) is 17.8. The van der Waals surface area contributed by atoms with E-state index >= 15 is 0 Å². The summed E-state index contributed by atoms with van der Waals surface area (Å²) in [6.45, 7) is 2.36. The Morgan fingerprint density at radius 3 is 2.39 bits per heavy atom. The number of benzene rings is 3. The molecule has 2 N–H and O–H groups in total. The van der Waals surface area contributed by atoms with Gasteiger partial charge in [0, 0.05) is 26.1 Å². The molecule has 0 aromatic heterocycles. The second kappa shape index (κ2) is 11.0. The topological polar surface area (TPSA) is 78.5 Å². The summed E-state index contributed by atoms with van der Waals surface area (Å²) in [5, 5.41) is 4.69. The number of nitrogens with one attached hydrogen (secondary N) is 2. The van der Waals surface area contributed by atoms with Crippen LogP contribution in [0.1, 0.15) is 18.4 Å². The Hall–Kier alpha value is -2.74. The van der Waals surface area contributed by atoms with E-state index in [4.69, 9.17) is 0 Å². The van der Waals surface area contributed by atoms with Crippen molar-refractivity contribution in [3.8, 4) is 0 Å². The van der Waals surface area contributed by atoms with Gasteiger partial charge in [0.25, 0.3) is 0 Å². The second-order valence-corrected chi connectivity index (χ2v) is 9.35. The van der Waals surface area contributed by atoms with E-state index < -0.39 is 10.0 Å². The molecule has 0 radical (unpaired) electrons.